The van der Waals surface area contributed by atoms with E-state index in [2.05, 4.69) is 5.32 Å². The Morgan fingerprint density at radius 3 is 2.44 bits per heavy atom. The molecule has 0 aliphatic carbocycles. The van der Waals surface area contributed by atoms with Crippen LogP contribution in [0.15, 0.2) is 60.3 Å². The molecule has 2 aromatic carbocycles. The van der Waals surface area contributed by atoms with E-state index in [-0.39, 0.29) is 11.8 Å². The minimum absolute atomic E-state index is 0.116. The molecule has 0 atom stereocenters. The van der Waals surface area contributed by atoms with E-state index in [0.717, 1.165) is 0 Å². The summed E-state index contributed by atoms with van der Waals surface area (Å²) in [4.78, 5) is 24.0. The molecule has 0 spiro atoms. The Kier molecular flexibility index (Phi) is 6.34. The van der Waals surface area contributed by atoms with E-state index in [1.54, 1.807) is 63.4 Å². The maximum absolute atomic E-state index is 12.3. The van der Waals surface area contributed by atoms with Gasteiger partial charge in [-0.1, -0.05) is 6.07 Å². The quantitative estimate of drug-likeness (QED) is 0.468. The van der Waals surface area contributed by atoms with Gasteiger partial charge >= 0.3 is 5.97 Å². The third-order valence-electron chi connectivity index (χ3n) is 3.44. The van der Waals surface area contributed by atoms with Gasteiger partial charge in [-0.2, -0.15) is 0 Å². The lowest BCUT2D eigenvalue weighted by atomic mass is 10.1. The molecule has 0 radical (unpaired) electrons. The number of allylic oxidation sites excluding steroid dienone is 2. The van der Waals surface area contributed by atoms with Crippen LogP contribution in [0, 0.1) is 0 Å². The molecular formula is C20H21NO4. The largest absolute Gasteiger partial charge is 0.497 e. The summed E-state index contributed by atoms with van der Waals surface area (Å²) in [5.74, 6) is 0.211. The lowest BCUT2D eigenvalue weighted by Gasteiger charge is -2.08. The third kappa shape index (κ3) is 5.21. The first kappa shape index (κ1) is 18.3. The molecule has 0 amide bonds. The Morgan fingerprint density at radius 2 is 1.80 bits per heavy atom. The number of rotatable bonds is 7. The topological polar surface area (TPSA) is 64.6 Å². The summed E-state index contributed by atoms with van der Waals surface area (Å²) >= 11 is 0. The third-order valence-corrected chi connectivity index (χ3v) is 3.44. The highest BCUT2D eigenvalue weighted by Gasteiger charge is 2.08. The van der Waals surface area contributed by atoms with Crippen LogP contribution in [-0.2, 0) is 4.74 Å². The molecule has 5 heteroatoms. The second-order valence-electron chi connectivity index (χ2n) is 5.35. The minimum atomic E-state index is -0.373. The Balaban J connectivity index is 2.08. The van der Waals surface area contributed by atoms with Crippen molar-refractivity contribution in [3.8, 4) is 5.75 Å². The van der Waals surface area contributed by atoms with Crippen molar-refractivity contribution < 1.29 is 19.1 Å². The minimum Gasteiger partial charge on any atom is -0.497 e. The standard InChI is InChI=1S/C20H21NO4/c1-4-25-20(23)16-6-5-7-17(13-16)21-14(2)12-19(22)15-8-10-18(24-3)11-9-15/h5-13,21H,4H2,1-3H3/b14-12+. The maximum atomic E-state index is 12.3. The molecule has 0 aliphatic heterocycles. The van der Waals surface area contributed by atoms with E-state index >= 15 is 0 Å². The molecule has 5 nitrogen and oxygen atoms in total. The van der Waals surface area contributed by atoms with Crippen LogP contribution in [0.25, 0.3) is 0 Å². The zero-order valence-electron chi connectivity index (χ0n) is 14.5. The molecule has 2 rings (SSSR count). The molecule has 0 saturated heterocycles. The number of methoxy groups -OCH3 is 1. The first-order chi connectivity index (χ1) is 12.0. The van der Waals surface area contributed by atoms with E-state index in [1.165, 1.54) is 6.08 Å². The van der Waals surface area contributed by atoms with Crippen LogP contribution in [0.5, 0.6) is 5.75 Å². The molecule has 0 bridgehead atoms. The van der Waals surface area contributed by atoms with Gasteiger partial charge in [-0.15, -0.1) is 0 Å². The summed E-state index contributed by atoms with van der Waals surface area (Å²) in [5.41, 5.74) is 2.41. The average Bonchev–Trinajstić information content (AvgIpc) is 2.62. The molecule has 130 valence electrons. The number of hydrogen-bond acceptors (Lipinski definition) is 5. The van der Waals surface area contributed by atoms with Gasteiger partial charge in [0.1, 0.15) is 5.75 Å². The van der Waals surface area contributed by atoms with Gasteiger partial charge in [0, 0.05) is 23.0 Å². The van der Waals surface area contributed by atoms with E-state index in [1.807, 2.05) is 6.07 Å². The molecule has 2 aromatic rings. The van der Waals surface area contributed by atoms with Crippen molar-refractivity contribution in [2.75, 3.05) is 19.0 Å². The Morgan fingerprint density at radius 1 is 1.08 bits per heavy atom. The average molecular weight is 339 g/mol. The smallest absolute Gasteiger partial charge is 0.338 e. The molecule has 0 aromatic heterocycles. The normalized spacial score (nSPS) is 10.9. The van der Waals surface area contributed by atoms with E-state index in [4.69, 9.17) is 9.47 Å². The van der Waals surface area contributed by atoms with Crippen molar-refractivity contribution in [3.05, 3.63) is 71.4 Å². The number of carbonyl (C=O) groups excluding carboxylic acids is 2. The number of esters is 1. The fourth-order valence-corrected chi connectivity index (χ4v) is 2.24. The van der Waals surface area contributed by atoms with Crippen molar-refractivity contribution in [1.82, 2.24) is 0 Å². The highest BCUT2D eigenvalue weighted by atomic mass is 16.5. The molecule has 25 heavy (non-hydrogen) atoms. The van der Waals surface area contributed by atoms with E-state index in [9.17, 15) is 9.59 Å². The molecule has 0 fully saturated rings. The summed E-state index contributed by atoms with van der Waals surface area (Å²) in [6.07, 6.45) is 1.51. The summed E-state index contributed by atoms with van der Waals surface area (Å²) < 4.78 is 10.1. The first-order valence-corrected chi connectivity index (χ1v) is 7.94. The molecular weight excluding hydrogens is 318 g/mol. The highest BCUT2D eigenvalue weighted by molar-refractivity contribution is 6.05. The summed E-state index contributed by atoms with van der Waals surface area (Å²) in [7, 11) is 1.58. The predicted molar refractivity (Wildman–Crippen MR) is 97.1 cm³/mol. The Hall–Kier alpha value is -3.08. The Labute approximate surface area is 147 Å². The molecule has 0 aliphatic rings. The van der Waals surface area contributed by atoms with Gasteiger partial charge in [-0.05, 0) is 56.3 Å². The van der Waals surface area contributed by atoms with Gasteiger partial charge in [-0.25, -0.2) is 4.79 Å². The fraction of sp³-hybridized carbons (Fsp3) is 0.200. The molecule has 0 unspecified atom stereocenters. The van der Waals surface area contributed by atoms with Crippen LogP contribution in [0.1, 0.15) is 34.6 Å². The second-order valence-corrected chi connectivity index (χ2v) is 5.35. The lowest BCUT2D eigenvalue weighted by Crippen LogP contribution is -2.06. The second kappa shape index (κ2) is 8.68. The summed E-state index contributed by atoms with van der Waals surface area (Å²) in [6, 6.07) is 13.9. The highest BCUT2D eigenvalue weighted by Crippen LogP contribution is 2.16. The number of ketones is 1. The molecule has 1 N–H and O–H groups in total. The van der Waals surface area contributed by atoms with Crippen LogP contribution in [-0.4, -0.2) is 25.5 Å². The van der Waals surface area contributed by atoms with Crippen molar-refractivity contribution in [1.29, 1.82) is 0 Å². The van der Waals surface area contributed by atoms with Gasteiger partial charge in [0.2, 0.25) is 0 Å². The zero-order valence-corrected chi connectivity index (χ0v) is 14.5. The number of benzene rings is 2. The van der Waals surface area contributed by atoms with Crippen LogP contribution >= 0.6 is 0 Å². The zero-order chi connectivity index (χ0) is 18.2. The van der Waals surface area contributed by atoms with Gasteiger partial charge in [0.05, 0.1) is 19.3 Å². The number of ether oxygens (including phenoxy) is 2. The van der Waals surface area contributed by atoms with E-state index in [0.29, 0.717) is 34.9 Å². The van der Waals surface area contributed by atoms with Crippen LogP contribution in [0.2, 0.25) is 0 Å². The lowest BCUT2D eigenvalue weighted by molar-refractivity contribution is 0.0526. The summed E-state index contributed by atoms with van der Waals surface area (Å²) in [5, 5.41) is 3.11. The van der Waals surface area contributed by atoms with Crippen molar-refractivity contribution in [2.45, 2.75) is 13.8 Å². The Bertz CT molecular complexity index is 779. The van der Waals surface area contributed by atoms with Gasteiger partial charge in [-0.3, -0.25) is 4.79 Å². The number of anilines is 1. The SMILES string of the molecule is CCOC(=O)c1cccc(N/C(C)=C/C(=O)c2ccc(OC)cc2)c1. The van der Waals surface area contributed by atoms with Crippen LogP contribution in [0.4, 0.5) is 5.69 Å². The van der Waals surface area contributed by atoms with Crippen LogP contribution in [0.3, 0.4) is 0 Å². The summed E-state index contributed by atoms with van der Waals surface area (Å²) in [6.45, 7) is 3.88. The first-order valence-electron chi connectivity index (χ1n) is 7.94. The van der Waals surface area contributed by atoms with Crippen molar-refractivity contribution >= 4 is 17.4 Å². The fourth-order valence-electron chi connectivity index (χ4n) is 2.24. The van der Waals surface area contributed by atoms with Gasteiger partial charge in [0.15, 0.2) is 5.78 Å². The monoisotopic (exact) mass is 339 g/mol. The van der Waals surface area contributed by atoms with Crippen molar-refractivity contribution in [2.24, 2.45) is 0 Å². The van der Waals surface area contributed by atoms with Gasteiger partial charge in [0.25, 0.3) is 0 Å². The van der Waals surface area contributed by atoms with Crippen molar-refractivity contribution in [3.63, 3.8) is 0 Å². The predicted octanol–water partition coefficient (Wildman–Crippen LogP) is 4.07. The van der Waals surface area contributed by atoms with Gasteiger partial charge < -0.3 is 14.8 Å². The number of carbonyl (C=O) groups is 2. The van der Waals surface area contributed by atoms with E-state index < -0.39 is 0 Å². The molecule has 0 saturated carbocycles. The number of hydrogen-bond donors (Lipinski definition) is 1. The number of nitrogens with one attached hydrogen (secondary N) is 1. The molecule has 0 heterocycles. The van der Waals surface area contributed by atoms with Crippen LogP contribution < -0.4 is 10.1 Å². The maximum Gasteiger partial charge on any atom is 0.338 e.